The molecule has 2 aliphatic rings. The van der Waals surface area contributed by atoms with Crippen LogP contribution in [-0.2, 0) is 10.8 Å². The second-order valence-electron chi connectivity index (χ2n) is 14.3. The molecule has 0 bridgehead atoms. The fourth-order valence-corrected chi connectivity index (χ4v) is 8.00. The Balaban J connectivity index is 1.74. The summed E-state index contributed by atoms with van der Waals surface area (Å²) in [6, 6.07) is 13.1. The van der Waals surface area contributed by atoms with Gasteiger partial charge in [-0.15, -0.1) is 0 Å². The zero-order valence-corrected chi connectivity index (χ0v) is 27.4. The number of aromatic hydroxyl groups is 2. The number of benzene rings is 3. The Labute approximate surface area is 257 Å². The van der Waals surface area contributed by atoms with Crippen LogP contribution in [0, 0.1) is 47.0 Å². The maximum Gasteiger partial charge on any atom is 0.259 e. The SMILES string of the molecule is CC1=CC(C2(c3cc(C)c(O)c(C)c3)CCC(c3cc(C)c(O)c(C)c3)(c3cc(C)c([OH2+])c(C)c3)CC2)=CC(C)(C)C1O. The van der Waals surface area contributed by atoms with Gasteiger partial charge in [-0.1, -0.05) is 50.3 Å². The molecular weight excluding hydrogens is 532 g/mol. The van der Waals surface area contributed by atoms with Crippen molar-refractivity contribution in [2.24, 2.45) is 5.41 Å². The van der Waals surface area contributed by atoms with E-state index in [1.807, 2.05) is 48.5 Å². The van der Waals surface area contributed by atoms with E-state index in [0.29, 0.717) is 17.2 Å². The molecule has 1 saturated carbocycles. The van der Waals surface area contributed by atoms with Crippen LogP contribution in [0.25, 0.3) is 0 Å². The monoisotopic (exact) mass is 581 g/mol. The first kappa shape index (κ1) is 30.9. The number of phenols is 2. The van der Waals surface area contributed by atoms with Gasteiger partial charge in [0.1, 0.15) is 11.5 Å². The van der Waals surface area contributed by atoms with Crippen LogP contribution in [0.3, 0.4) is 0 Å². The van der Waals surface area contributed by atoms with Crippen molar-refractivity contribution in [2.75, 3.05) is 0 Å². The van der Waals surface area contributed by atoms with E-state index in [9.17, 15) is 15.3 Å². The Morgan fingerprint density at radius 3 is 1.35 bits per heavy atom. The van der Waals surface area contributed by atoms with E-state index in [1.54, 1.807) is 0 Å². The van der Waals surface area contributed by atoms with Crippen molar-refractivity contribution >= 4 is 0 Å². The van der Waals surface area contributed by atoms with Gasteiger partial charge in [-0.2, -0.15) is 0 Å². The molecule has 1 fully saturated rings. The van der Waals surface area contributed by atoms with E-state index in [1.165, 1.54) is 22.3 Å². The molecule has 3 aromatic carbocycles. The lowest BCUT2D eigenvalue weighted by Gasteiger charge is -2.50. The first-order valence-electron chi connectivity index (χ1n) is 15.6. The van der Waals surface area contributed by atoms with Gasteiger partial charge in [-0.05, 0) is 136 Å². The Kier molecular flexibility index (Phi) is 7.62. The largest absolute Gasteiger partial charge is 0.593 e. The summed E-state index contributed by atoms with van der Waals surface area (Å²) >= 11 is 0. The molecule has 228 valence electrons. The maximum absolute atomic E-state index is 11.0. The van der Waals surface area contributed by atoms with Crippen molar-refractivity contribution in [1.82, 2.24) is 0 Å². The van der Waals surface area contributed by atoms with Crippen molar-refractivity contribution in [3.63, 3.8) is 0 Å². The van der Waals surface area contributed by atoms with E-state index in [-0.39, 0.29) is 10.8 Å². The molecule has 1 unspecified atom stereocenters. The molecule has 0 spiro atoms. The molecule has 0 heterocycles. The van der Waals surface area contributed by atoms with Crippen LogP contribution < -0.4 is 0 Å². The first-order valence-corrected chi connectivity index (χ1v) is 15.6. The molecule has 5 rings (SSSR count). The van der Waals surface area contributed by atoms with Crippen LogP contribution in [-0.4, -0.2) is 26.5 Å². The van der Waals surface area contributed by atoms with Crippen LogP contribution in [0.1, 0.15) is 96.5 Å². The summed E-state index contributed by atoms with van der Waals surface area (Å²) in [5.41, 5.74) is 10.4. The Hall–Kier alpha value is -3.50. The van der Waals surface area contributed by atoms with Gasteiger partial charge in [0, 0.05) is 27.4 Å². The number of hydrogen-bond acceptors (Lipinski definition) is 3. The summed E-state index contributed by atoms with van der Waals surface area (Å²) in [5, 5.41) is 41.0. The van der Waals surface area contributed by atoms with E-state index in [2.05, 4.69) is 62.4 Å². The van der Waals surface area contributed by atoms with Crippen LogP contribution in [0.2, 0.25) is 0 Å². The van der Waals surface area contributed by atoms with Crippen molar-refractivity contribution in [2.45, 2.75) is 105 Å². The van der Waals surface area contributed by atoms with Gasteiger partial charge in [0.25, 0.3) is 5.75 Å². The zero-order chi connectivity index (χ0) is 31.6. The summed E-state index contributed by atoms with van der Waals surface area (Å²) in [5.74, 6) is 1.29. The highest BCUT2D eigenvalue weighted by molar-refractivity contribution is 5.56. The zero-order valence-electron chi connectivity index (χ0n) is 27.4. The molecule has 0 amide bonds. The highest BCUT2D eigenvalue weighted by Crippen LogP contribution is 2.57. The Bertz CT molecular complexity index is 1530. The van der Waals surface area contributed by atoms with Crippen molar-refractivity contribution in [3.05, 3.63) is 110 Å². The molecule has 1 atom stereocenters. The summed E-state index contributed by atoms with van der Waals surface area (Å²) in [6.07, 6.45) is 7.46. The third-order valence-electron chi connectivity index (χ3n) is 10.7. The molecule has 0 aliphatic heterocycles. The number of hydrogen-bond donors (Lipinski definition) is 3. The number of aliphatic hydroxyl groups excluding tert-OH is 1. The summed E-state index contributed by atoms with van der Waals surface area (Å²) in [7, 11) is 0. The van der Waals surface area contributed by atoms with Gasteiger partial charge in [0.2, 0.25) is 0 Å². The highest BCUT2D eigenvalue weighted by atomic mass is 16.3. The lowest BCUT2D eigenvalue weighted by molar-refractivity contribution is 0.110. The minimum absolute atomic E-state index is 0.292. The molecule has 5 N–H and O–H groups in total. The van der Waals surface area contributed by atoms with Gasteiger partial charge in [0.05, 0.1) is 6.10 Å². The molecular formula is C39H49O4+. The number of phenolic OH excluding ortho intramolecular Hbond substituents is 2. The molecule has 0 saturated heterocycles. The normalized spacial score (nSPS) is 25.3. The number of rotatable bonds is 4. The molecule has 4 heteroatoms. The van der Waals surface area contributed by atoms with Gasteiger partial charge >= 0.3 is 0 Å². The van der Waals surface area contributed by atoms with Gasteiger partial charge in [0.15, 0.2) is 0 Å². The average molecular weight is 582 g/mol. The van der Waals surface area contributed by atoms with Crippen molar-refractivity contribution < 1.29 is 20.4 Å². The maximum atomic E-state index is 11.0. The lowest BCUT2D eigenvalue weighted by Crippen LogP contribution is -2.43. The van der Waals surface area contributed by atoms with Crippen LogP contribution in [0.15, 0.2) is 59.7 Å². The molecule has 0 radical (unpaired) electrons. The average Bonchev–Trinajstić information content (AvgIpc) is 2.95. The first-order chi connectivity index (χ1) is 20.0. The standard InChI is InChI=1S/C39H48O4/c1-22-14-29(15-23(2)33(22)40)38(30-16-24(3)34(41)25(4)17-30)10-12-39(13-11-38,31-18-26(5)35(42)27(6)19-31)32-20-28(7)36(43)37(8,9)21-32/h14-21,36,40-43H,10-13H2,1-9H3/p+1. The third-order valence-corrected chi connectivity index (χ3v) is 10.7. The summed E-state index contributed by atoms with van der Waals surface area (Å²) in [4.78, 5) is 0. The van der Waals surface area contributed by atoms with E-state index >= 15 is 0 Å². The van der Waals surface area contributed by atoms with Gasteiger partial charge in [-0.3, -0.25) is 0 Å². The van der Waals surface area contributed by atoms with E-state index in [0.717, 1.165) is 64.6 Å². The van der Waals surface area contributed by atoms with Crippen LogP contribution in [0.5, 0.6) is 17.2 Å². The lowest BCUT2D eigenvalue weighted by atomic mass is 9.53. The van der Waals surface area contributed by atoms with E-state index in [4.69, 9.17) is 5.11 Å². The fraction of sp³-hybridized carbons (Fsp3) is 0.436. The third kappa shape index (κ3) is 4.98. The minimum atomic E-state index is -0.531. The van der Waals surface area contributed by atoms with Crippen LogP contribution in [0.4, 0.5) is 0 Å². The topological polar surface area (TPSA) is 83.6 Å². The second-order valence-corrected chi connectivity index (χ2v) is 14.3. The Morgan fingerprint density at radius 2 is 0.953 bits per heavy atom. The molecule has 3 aromatic rings. The van der Waals surface area contributed by atoms with Gasteiger partial charge in [-0.25, -0.2) is 0 Å². The number of allylic oxidation sites excluding steroid dienone is 2. The number of aliphatic hydroxyl groups is 1. The minimum Gasteiger partial charge on any atom is -0.593 e. The summed E-state index contributed by atoms with van der Waals surface area (Å²) < 4.78 is 0. The smallest absolute Gasteiger partial charge is 0.259 e. The van der Waals surface area contributed by atoms with Crippen molar-refractivity contribution in [1.29, 1.82) is 0 Å². The van der Waals surface area contributed by atoms with Gasteiger partial charge < -0.3 is 20.4 Å². The quantitative estimate of drug-likeness (QED) is 0.270. The molecule has 2 aliphatic carbocycles. The van der Waals surface area contributed by atoms with E-state index < -0.39 is 11.5 Å². The second kappa shape index (κ2) is 10.6. The highest BCUT2D eigenvalue weighted by Gasteiger charge is 2.49. The molecule has 4 nitrogen and oxygen atoms in total. The van der Waals surface area contributed by atoms with Crippen LogP contribution >= 0.6 is 0 Å². The number of aryl methyl sites for hydroxylation is 6. The predicted octanol–water partition coefficient (Wildman–Crippen LogP) is 8.46. The fourth-order valence-electron chi connectivity index (χ4n) is 8.00. The predicted molar refractivity (Wildman–Crippen MR) is 177 cm³/mol. The molecule has 0 aromatic heterocycles. The van der Waals surface area contributed by atoms with Crippen molar-refractivity contribution in [3.8, 4) is 17.2 Å². The summed E-state index contributed by atoms with van der Waals surface area (Å²) in [6.45, 7) is 18.2. The Morgan fingerprint density at radius 1 is 0.605 bits per heavy atom. The molecule has 43 heavy (non-hydrogen) atoms.